The number of carbonyl (C=O) groups excluding carboxylic acids is 2. The van der Waals surface area contributed by atoms with E-state index in [0.29, 0.717) is 5.56 Å². The summed E-state index contributed by atoms with van der Waals surface area (Å²) >= 11 is 23.3. The van der Waals surface area contributed by atoms with E-state index >= 15 is 0 Å². The second-order valence-electron chi connectivity index (χ2n) is 4.10. The minimum atomic E-state index is -0.874. The Balaban J connectivity index is 2.24. The summed E-state index contributed by atoms with van der Waals surface area (Å²) in [5.41, 5.74) is 0.0316. The van der Waals surface area contributed by atoms with Crippen LogP contribution in [0.4, 0.5) is 0 Å². The van der Waals surface area contributed by atoms with Crippen LogP contribution in [0.5, 0.6) is 5.75 Å². The predicted octanol–water partition coefficient (Wildman–Crippen LogP) is 4.70. The summed E-state index contributed by atoms with van der Waals surface area (Å²) in [5.74, 6) is -1.21. The second kappa shape index (κ2) is 7.36. The molecule has 0 spiro atoms. The van der Waals surface area contributed by atoms with E-state index in [2.05, 4.69) is 9.72 Å². The Morgan fingerprint density at radius 2 is 1.52 bits per heavy atom. The van der Waals surface area contributed by atoms with Gasteiger partial charge >= 0.3 is 11.9 Å². The van der Waals surface area contributed by atoms with Crippen LogP contribution >= 0.6 is 46.4 Å². The summed E-state index contributed by atoms with van der Waals surface area (Å²) in [7, 11) is 1.26. The number of methoxy groups -OCH3 is 1. The first kappa shape index (κ1) is 17.8. The van der Waals surface area contributed by atoms with E-state index < -0.39 is 11.9 Å². The Bertz CT molecular complexity index is 777. The number of hydrogen-bond donors (Lipinski definition) is 0. The summed E-state index contributed by atoms with van der Waals surface area (Å²) < 4.78 is 9.66. The minimum Gasteiger partial charge on any atom is -0.465 e. The number of esters is 2. The maximum Gasteiger partial charge on any atom is 0.364 e. The van der Waals surface area contributed by atoms with E-state index in [1.165, 1.54) is 31.4 Å². The average molecular weight is 395 g/mol. The lowest BCUT2D eigenvalue weighted by molar-refractivity contribution is 0.0600. The van der Waals surface area contributed by atoms with E-state index in [-0.39, 0.29) is 31.7 Å². The lowest BCUT2D eigenvalue weighted by Crippen LogP contribution is -2.12. The SMILES string of the molecule is COC(=O)c1ccc(OC(=O)c2nc(Cl)c(Cl)c(Cl)c2Cl)cc1. The van der Waals surface area contributed by atoms with Gasteiger partial charge in [0, 0.05) is 0 Å². The molecule has 0 saturated carbocycles. The van der Waals surface area contributed by atoms with Crippen LogP contribution in [0.2, 0.25) is 20.2 Å². The van der Waals surface area contributed by atoms with Crippen molar-refractivity contribution in [2.75, 3.05) is 7.11 Å². The van der Waals surface area contributed by atoms with Crippen molar-refractivity contribution in [2.45, 2.75) is 0 Å². The van der Waals surface area contributed by atoms with Crippen molar-refractivity contribution in [3.05, 3.63) is 55.7 Å². The van der Waals surface area contributed by atoms with Gasteiger partial charge in [-0.3, -0.25) is 0 Å². The number of pyridine rings is 1. The number of carbonyl (C=O) groups is 2. The van der Waals surface area contributed by atoms with Gasteiger partial charge in [0.25, 0.3) is 0 Å². The Hall–Kier alpha value is -1.53. The van der Waals surface area contributed by atoms with E-state index in [0.717, 1.165) is 0 Å². The van der Waals surface area contributed by atoms with Gasteiger partial charge in [-0.1, -0.05) is 46.4 Å². The first-order chi connectivity index (χ1) is 10.8. The molecule has 120 valence electrons. The fourth-order valence-electron chi connectivity index (χ4n) is 1.55. The zero-order chi connectivity index (χ0) is 17.1. The molecule has 0 radical (unpaired) electrons. The van der Waals surface area contributed by atoms with Crippen LogP contribution in [0.1, 0.15) is 20.8 Å². The van der Waals surface area contributed by atoms with Gasteiger partial charge in [0.1, 0.15) is 10.9 Å². The molecule has 0 aliphatic heterocycles. The molecule has 0 saturated heterocycles. The third kappa shape index (κ3) is 3.87. The first-order valence-corrected chi connectivity index (χ1v) is 7.47. The molecule has 0 atom stereocenters. The number of nitrogens with zero attached hydrogens (tertiary/aromatic N) is 1. The first-order valence-electron chi connectivity index (χ1n) is 5.95. The molecule has 0 amide bonds. The zero-order valence-corrected chi connectivity index (χ0v) is 14.4. The van der Waals surface area contributed by atoms with E-state index in [9.17, 15) is 9.59 Å². The molecule has 5 nitrogen and oxygen atoms in total. The third-order valence-electron chi connectivity index (χ3n) is 2.66. The molecule has 9 heteroatoms. The van der Waals surface area contributed by atoms with Gasteiger partial charge in [-0.2, -0.15) is 0 Å². The number of halogens is 4. The molecule has 0 N–H and O–H groups in total. The van der Waals surface area contributed by atoms with Crippen LogP contribution in [0.25, 0.3) is 0 Å². The highest BCUT2D eigenvalue weighted by molar-refractivity contribution is 6.52. The normalized spacial score (nSPS) is 10.3. The fourth-order valence-corrected chi connectivity index (χ4v) is 2.36. The highest BCUT2D eigenvalue weighted by atomic mass is 35.5. The molecular weight excluding hydrogens is 388 g/mol. The number of ether oxygens (including phenoxy) is 2. The fraction of sp³-hybridized carbons (Fsp3) is 0.0714. The van der Waals surface area contributed by atoms with Gasteiger partial charge in [-0.25, -0.2) is 14.6 Å². The molecule has 1 aromatic carbocycles. The molecular formula is C14H7Cl4NO4. The Morgan fingerprint density at radius 3 is 2.09 bits per heavy atom. The Kier molecular flexibility index (Phi) is 5.70. The summed E-state index contributed by atoms with van der Waals surface area (Å²) in [6.07, 6.45) is 0. The molecule has 2 aromatic rings. The largest absolute Gasteiger partial charge is 0.465 e. The van der Waals surface area contributed by atoms with Gasteiger partial charge in [0.2, 0.25) is 0 Å². The van der Waals surface area contributed by atoms with Crippen LogP contribution in [-0.2, 0) is 4.74 Å². The summed E-state index contributed by atoms with van der Waals surface area (Å²) in [5, 5.41) is -0.495. The van der Waals surface area contributed by atoms with Gasteiger partial charge in [0.15, 0.2) is 5.69 Å². The summed E-state index contributed by atoms with van der Waals surface area (Å²) in [6.45, 7) is 0. The van der Waals surface area contributed by atoms with Gasteiger partial charge in [-0.05, 0) is 24.3 Å². The molecule has 23 heavy (non-hydrogen) atoms. The summed E-state index contributed by atoms with van der Waals surface area (Å²) in [4.78, 5) is 27.2. The smallest absolute Gasteiger partial charge is 0.364 e. The monoisotopic (exact) mass is 393 g/mol. The number of hydrogen-bond acceptors (Lipinski definition) is 5. The maximum atomic E-state index is 12.1. The van der Waals surface area contributed by atoms with Crippen molar-refractivity contribution in [3.63, 3.8) is 0 Å². The molecule has 2 rings (SSSR count). The Morgan fingerprint density at radius 1 is 0.913 bits per heavy atom. The van der Waals surface area contributed by atoms with Crippen LogP contribution in [0, 0.1) is 0 Å². The predicted molar refractivity (Wildman–Crippen MR) is 87.0 cm³/mol. The van der Waals surface area contributed by atoms with Crippen molar-refractivity contribution < 1.29 is 19.1 Å². The van der Waals surface area contributed by atoms with Gasteiger partial charge in [0.05, 0.1) is 27.7 Å². The molecule has 0 aliphatic carbocycles. The van der Waals surface area contributed by atoms with E-state index in [1.807, 2.05) is 0 Å². The van der Waals surface area contributed by atoms with E-state index in [1.54, 1.807) is 0 Å². The van der Waals surface area contributed by atoms with Crippen LogP contribution in [0.3, 0.4) is 0 Å². The van der Waals surface area contributed by atoms with E-state index in [4.69, 9.17) is 51.1 Å². The second-order valence-corrected chi connectivity index (χ2v) is 5.59. The molecule has 1 aromatic heterocycles. The lowest BCUT2D eigenvalue weighted by atomic mass is 10.2. The Labute approximate surface area is 151 Å². The quantitative estimate of drug-likeness (QED) is 0.428. The van der Waals surface area contributed by atoms with Crippen molar-refractivity contribution in [1.29, 1.82) is 0 Å². The highest BCUT2D eigenvalue weighted by Crippen LogP contribution is 2.36. The van der Waals surface area contributed by atoms with Crippen molar-refractivity contribution >= 4 is 58.3 Å². The van der Waals surface area contributed by atoms with Crippen LogP contribution in [0.15, 0.2) is 24.3 Å². The minimum absolute atomic E-state index is 0.0580. The third-order valence-corrected chi connectivity index (χ3v) is 4.34. The zero-order valence-electron chi connectivity index (χ0n) is 11.4. The summed E-state index contributed by atoms with van der Waals surface area (Å²) in [6, 6.07) is 5.70. The topological polar surface area (TPSA) is 65.5 Å². The average Bonchev–Trinajstić information content (AvgIpc) is 2.56. The molecule has 0 fully saturated rings. The number of aromatic nitrogens is 1. The maximum absolute atomic E-state index is 12.1. The standard InChI is InChI=1S/C14H7Cl4NO4/c1-22-13(20)6-2-4-7(5-3-6)23-14(21)11-9(16)8(15)10(17)12(18)19-11/h2-5H,1H3. The molecule has 0 aliphatic rings. The van der Waals surface area contributed by atoms with Crippen molar-refractivity contribution in [3.8, 4) is 5.75 Å². The molecule has 0 unspecified atom stereocenters. The molecule has 1 heterocycles. The number of benzene rings is 1. The van der Waals surface area contributed by atoms with Crippen molar-refractivity contribution in [2.24, 2.45) is 0 Å². The van der Waals surface area contributed by atoms with Crippen LogP contribution < -0.4 is 4.74 Å². The van der Waals surface area contributed by atoms with Gasteiger partial charge in [-0.15, -0.1) is 0 Å². The van der Waals surface area contributed by atoms with Crippen LogP contribution in [-0.4, -0.2) is 24.0 Å². The molecule has 0 bridgehead atoms. The van der Waals surface area contributed by atoms with Crippen molar-refractivity contribution in [1.82, 2.24) is 4.98 Å². The highest BCUT2D eigenvalue weighted by Gasteiger charge is 2.22. The number of rotatable bonds is 3. The lowest BCUT2D eigenvalue weighted by Gasteiger charge is -2.08. The van der Waals surface area contributed by atoms with Gasteiger partial charge < -0.3 is 9.47 Å².